The minimum absolute atomic E-state index is 0.0207. The van der Waals surface area contributed by atoms with Gasteiger partial charge in [0.05, 0.1) is 5.69 Å². The van der Waals surface area contributed by atoms with Crippen LogP contribution in [0.3, 0.4) is 0 Å². The summed E-state index contributed by atoms with van der Waals surface area (Å²) in [6, 6.07) is 5.57. The molecule has 0 aromatic heterocycles. The molecule has 2 amide bonds. The summed E-state index contributed by atoms with van der Waals surface area (Å²) < 4.78 is 0. The number of benzodiazepines with no additional fused rings is 1. The molecule has 0 radical (unpaired) electrons. The Hall–Kier alpha value is -1.97. The van der Waals surface area contributed by atoms with Crippen molar-refractivity contribution in [1.29, 1.82) is 0 Å². The monoisotopic (exact) mass is 202 g/mol. The predicted octanol–water partition coefficient (Wildman–Crippen LogP) is 0.917. The summed E-state index contributed by atoms with van der Waals surface area (Å²) in [5.74, 6) is -0.297. The average molecular weight is 202 g/mol. The number of rotatable bonds is 1. The first-order chi connectivity index (χ1) is 7.24. The van der Waals surface area contributed by atoms with E-state index in [2.05, 4.69) is 4.99 Å². The zero-order chi connectivity index (χ0) is 10.8. The Morgan fingerprint density at radius 3 is 3.00 bits per heavy atom. The Balaban J connectivity index is 2.65. The topological polar surface area (TPSA) is 49.7 Å². The zero-order valence-corrected chi connectivity index (χ0v) is 8.30. The molecule has 1 aromatic carbocycles. The van der Waals surface area contributed by atoms with E-state index in [1.165, 1.54) is 0 Å². The fourth-order valence-electron chi connectivity index (χ4n) is 1.65. The third-order valence-corrected chi connectivity index (χ3v) is 2.34. The maximum atomic E-state index is 11.5. The van der Waals surface area contributed by atoms with Gasteiger partial charge in [-0.15, -0.1) is 0 Å². The number of fused-ring (bicyclic) bond motifs is 1. The minimum atomic E-state index is -0.297. The summed E-state index contributed by atoms with van der Waals surface area (Å²) in [4.78, 5) is 27.5. The molecular formula is C11H10N2O2. The second-order valence-electron chi connectivity index (χ2n) is 3.35. The highest BCUT2D eigenvalue weighted by Gasteiger charge is 2.21. The van der Waals surface area contributed by atoms with Crippen molar-refractivity contribution in [2.75, 3.05) is 11.4 Å². The molecule has 0 N–H and O–H groups in total. The van der Waals surface area contributed by atoms with E-state index in [1.807, 2.05) is 25.1 Å². The molecule has 1 aliphatic rings. The number of anilines is 1. The summed E-state index contributed by atoms with van der Waals surface area (Å²) in [7, 11) is 0. The van der Waals surface area contributed by atoms with Gasteiger partial charge in [0.2, 0.25) is 6.41 Å². The number of hydrogen-bond acceptors (Lipinski definition) is 3. The molecule has 0 saturated carbocycles. The third kappa shape index (κ3) is 1.54. The first kappa shape index (κ1) is 9.58. The Bertz CT molecular complexity index is 452. The van der Waals surface area contributed by atoms with Gasteiger partial charge in [-0.3, -0.25) is 19.5 Å². The highest BCUT2D eigenvalue weighted by molar-refractivity contribution is 6.13. The van der Waals surface area contributed by atoms with Gasteiger partial charge in [-0.25, -0.2) is 0 Å². The highest BCUT2D eigenvalue weighted by Crippen LogP contribution is 2.24. The molecule has 1 heterocycles. The number of amides is 2. The number of carbonyl (C=O) groups is 2. The van der Waals surface area contributed by atoms with Crippen LogP contribution in [-0.2, 0) is 9.59 Å². The van der Waals surface area contributed by atoms with E-state index >= 15 is 0 Å². The Morgan fingerprint density at radius 1 is 1.47 bits per heavy atom. The molecule has 4 heteroatoms. The molecule has 4 nitrogen and oxygen atoms in total. The molecule has 0 aliphatic carbocycles. The van der Waals surface area contributed by atoms with Crippen LogP contribution in [-0.4, -0.2) is 25.1 Å². The molecule has 0 saturated heterocycles. The van der Waals surface area contributed by atoms with Crippen LogP contribution < -0.4 is 4.90 Å². The molecule has 0 bridgehead atoms. The normalized spacial score (nSPS) is 14.7. The number of para-hydroxylation sites is 1. The van der Waals surface area contributed by atoms with Crippen molar-refractivity contribution in [2.24, 2.45) is 4.99 Å². The van der Waals surface area contributed by atoms with Crippen LogP contribution in [0.25, 0.3) is 0 Å². The second kappa shape index (κ2) is 3.65. The van der Waals surface area contributed by atoms with Crippen LogP contribution in [0.4, 0.5) is 5.69 Å². The summed E-state index contributed by atoms with van der Waals surface area (Å²) in [5.41, 5.74) is 2.33. The fraction of sp³-hybridized carbons (Fsp3) is 0.182. The lowest BCUT2D eigenvalue weighted by Gasteiger charge is -2.17. The van der Waals surface area contributed by atoms with Crippen LogP contribution in [0.15, 0.2) is 23.2 Å². The number of aliphatic imine (C=N–C) groups is 1. The second-order valence-corrected chi connectivity index (χ2v) is 3.35. The van der Waals surface area contributed by atoms with Gasteiger partial charge in [-0.2, -0.15) is 0 Å². The molecule has 1 aliphatic heterocycles. The van der Waals surface area contributed by atoms with Gasteiger partial charge in [0, 0.05) is 11.8 Å². The molecule has 76 valence electrons. The van der Waals surface area contributed by atoms with Crippen molar-refractivity contribution < 1.29 is 9.59 Å². The molecule has 0 spiro atoms. The van der Waals surface area contributed by atoms with Crippen molar-refractivity contribution in [3.63, 3.8) is 0 Å². The molecule has 2 rings (SSSR count). The van der Waals surface area contributed by atoms with E-state index in [1.54, 1.807) is 6.21 Å². The summed E-state index contributed by atoms with van der Waals surface area (Å²) in [5, 5.41) is 0. The van der Waals surface area contributed by atoms with Crippen LogP contribution in [0, 0.1) is 6.92 Å². The third-order valence-electron chi connectivity index (χ3n) is 2.34. The van der Waals surface area contributed by atoms with Crippen LogP contribution in [0.2, 0.25) is 0 Å². The van der Waals surface area contributed by atoms with Crippen molar-refractivity contribution >= 4 is 24.2 Å². The standard InChI is InChI=1S/C11H10N2O2/c1-8-3-2-4-9-5-12-6-10(15)13(7-14)11(8)9/h2-5,7H,6H2,1H3. The first-order valence-corrected chi connectivity index (χ1v) is 4.61. The van der Waals surface area contributed by atoms with Crippen molar-refractivity contribution in [3.8, 4) is 0 Å². The van der Waals surface area contributed by atoms with E-state index in [0.717, 1.165) is 16.0 Å². The number of carbonyl (C=O) groups excluding carboxylic acids is 2. The average Bonchev–Trinajstić information content (AvgIpc) is 2.38. The van der Waals surface area contributed by atoms with Crippen LogP contribution in [0.1, 0.15) is 11.1 Å². The van der Waals surface area contributed by atoms with Gasteiger partial charge in [0.15, 0.2) is 0 Å². The van der Waals surface area contributed by atoms with E-state index < -0.39 is 0 Å². The van der Waals surface area contributed by atoms with Crippen molar-refractivity contribution in [2.45, 2.75) is 6.92 Å². The smallest absolute Gasteiger partial charge is 0.255 e. The SMILES string of the molecule is Cc1cccc2c1N(C=O)C(=O)CN=C2. The predicted molar refractivity (Wildman–Crippen MR) is 57.2 cm³/mol. The zero-order valence-electron chi connectivity index (χ0n) is 8.30. The molecule has 0 fully saturated rings. The Labute approximate surface area is 87.2 Å². The number of nitrogens with zero attached hydrogens (tertiary/aromatic N) is 2. The summed E-state index contributed by atoms with van der Waals surface area (Å²) in [6.07, 6.45) is 2.17. The Morgan fingerprint density at radius 2 is 2.27 bits per heavy atom. The van der Waals surface area contributed by atoms with E-state index in [0.29, 0.717) is 12.1 Å². The van der Waals surface area contributed by atoms with Gasteiger partial charge in [0.1, 0.15) is 6.54 Å². The maximum absolute atomic E-state index is 11.5. The maximum Gasteiger partial charge on any atom is 0.255 e. The molecule has 1 aromatic rings. The van der Waals surface area contributed by atoms with E-state index in [4.69, 9.17) is 0 Å². The fourth-order valence-corrected chi connectivity index (χ4v) is 1.65. The van der Waals surface area contributed by atoms with Crippen LogP contribution in [0.5, 0.6) is 0 Å². The Kier molecular flexibility index (Phi) is 2.33. The highest BCUT2D eigenvalue weighted by atomic mass is 16.2. The summed E-state index contributed by atoms with van der Waals surface area (Å²) >= 11 is 0. The number of benzene rings is 1. The summed E-state index contributed by atoms with van der Waals surface area (Å²) in [6.45, 7) is 1.88. The van der Waals surface area contributed by atoms with Gasteiger partial charge in [-0.05, 0) is 12.5 Å². The molecule has 0 atom stereocenters. The number of aryl methyl sites for hydroxylation is 1. The van der Waals surface area contributed by atoms with E-state index in [-0.39, 0.29) is 12.5 Å². The van der Waals surface area contributed by atoms with E-state index in [9.17, 15) is 9.59 Å². The van der Waals surface area contributed by atoms with Crippen molar-refractivity contribution in [3.05, 3.63) is 29.3 Å². The van der Waals surface area contributed by atoms with Crippen LogP contribution >= 0.6 is 0 Å². The molecule has 0 unspecified atom stereocenters. The van der Waals surface area contributed by atoms with Gasteiger partial charge >= 0.3 is 0 Å². The van der Waals surface area contributed by atoms with Gasteiger partial charge in [-0.1, -0.05) is 18.2 Å². The quantitative estimate of drug-likeness (QED) is 0.636. The first-order valence-electron chi connectivity index (χ1n) is 4.61. The minimum Gasteiger partial charge on any atom is -0.283 e. The lowest BCUT2D eigenvalue weighted by atomic mass is 10.1. The van der Waals surface area contributed by atoms with Crippen molar-refractivity contribution in [1.82, 2.24) is 0 Å². The number of imide groups is 1. The molecule has 15 heavy (non-hydrogen) atoms. The largest absolute Gasteiger partial charge is 0.283 e. The lowest BCUT2D eigenvalue weighted by Crippen LogP contribution is -2.31. The lowest BCUT2D eigenvalue weighted by molar-refractivity contribution is -0.120. The molecular weight excluding hydrogens is 192 g/mol. The van der Waals surface area contributed by atoms with Gasteiger partial charge in [0.25, 0.3) is 5.91 Å². The number of hydrogen-bond donors (Lipinski definition) is 0. The van der Waals surface area contributed by atoms with Gasteiger partial charge < -0.3 is 0 Å².